The number of anilines is 2. The number of benzene rings is 2. The molecule has 0 aliphatic rings. The molecule has 23 heavy (non-hydrogen) atoms. The quantitative estimate of drug-likeness (QED) is 0.561. The molecule has 0 atom stereocenters. The number of methoxy groups -OCH3 is 1. The lowest BCUT2D eigenvalue weighted by Gasteiger charge is -2.12. The van der Waals surface area contributed by atoms with Crippen LogP contribution in [-0.4, -0.2) is 17.0 Å². The molecule has 6 nitrogen and oxygen atoms in total. The first-order valence-corrected chi connectivity index (χ1v) is 7.10. The van der Waals surface area contributed by atoms with E-state index < -0.39 is 4.92 Å². The zero-order valence-corrected chi connectivity index (χ0v) is 12.9. The first kappa shape index (κ1) is 15.1. The zero-order valence-electron chi connectivity index (χ0n) is 12.1. The van der Waals surface area contributed by atoms with Crippen LogP contribution in [0, 0.1) is 10.1 Å². The minimum absolute atomic E-state index is 0.134. The lowest BCUT2D eigenvalue weighted by atomic mass is 10.1. The molecule has 7 heteroatoms. The molecule has 3 aromatic rings. The van der Waals surface area contributed by atoms with Gasteiger partial charge < -0.3 is 10.1 Å². The second-order valence-electron chi connectivity index (χ2n) is 4.76. The first-order chi connectivity index (χ1) is 11.1. The molecule has 0 aliphatic carbocycles. The minimum atomic E-state index is -0.481. The molecule has 0 unspecified atom stereocenters. The van der Waals surface area contributed by atoms with Crippen molar-refractivity contribution in [1.82, 2.24) is 4.98 Å². The fourth-order valence-electron chi connectivity index (χ4n) is 2.26. The van der Waals surface area contributed by atoms with Gasteiger partial charge in [0.2, 0.25) is 0 Å². The molecule has 0 spiro atoms. The monoisotopic (exact) mass is 329 g/mol. The molecule has 1 N–H and O–H groups in total. The van der Waals surface area contributed by atoms with Crippen molar-refractivity contribution < 1.29 is 9.66 Å². The Labute approximate surface area is 136 Å². The molecule has 116 valence electrons. The lowest BCUT2D eigenvalue weighted by molar-refractivity contribution is -0.384. The molecule has 0 bridgehead atoms. The molecular formula is C16H12ClN3O3. The summed E-state index contributed by atoms with van der Waals surface area (Å²) in [6, 6.07) is 12.2. The van der Waals surface area contributed by atoms with Gasteiger partial charge in [-0.25, -0.2) is 4.98 Å². The van der Waals surface area contributed by atoms with Gasteiger partial charge in [-0.05, 0) is 30.3 Å². The molecule has 0 saturated heterocycles. The highest BCUT2D eigenvalue weighted by atomic mass is 35.5. The van der Waals surface area contributed by atoms with Gasteiger partial charge in [0.1, 0.15) is 17.6 Å². The van der Waals surface area contributed by atoms with Gasteiger partial charge in [0.05, 0.1) is 28.3 Å². The number of halogens is 1. The number of pyridine rings is 1. The van der Waals surface area contributed by atoms with Crippen LogP contribution in [0.3, 0.4) is 0 Å². The predicted octanol–water partition coefficient (Wildman–Crippen LogP) is 4.55. The number of fused-ring (bicyclic) bond motifs is 1. The van der Waals surface area contributed by atoms with Crippen molar-refractivity contribution in [3.63, 3.8) is 0 Å². The summed E-state index contributed by atoms with van der Waals surface area (Å²) in [5.41, 5.74) is 1.39. The predicted molar refractivity (Wildman–Crippen MR) is 89.7 cm³/mol. The summed E-state index contributed by atoms with van der Waals surface area (Å²) in [6.07, 6.45) is 1.23. The zero-order chi connectivity index (χ0) is 16.4. The van der Waals surface area contributed by atoms with Crippen molar-refractivity contribution >= 4 is 39.6 Å². The summed E-state index contributed by atoms with van der Waals surface area (Å²) < 4.78 is 5.20. The van der Waals surface area contributed by atoms with Crippen LogP contribution < -0.4 is 10.1 Å². The van der Waals surface area contributed by atoms with Crippen LogP contribution in [0.5, 0.6) is 5.75 Å². The number of hydrogen-bond acceptors (Lipinski definition) is 5. The van der Waals surface area contributed by atoms with Gasteiger partial charge in [-0.15, -0.1) is 0 Å². The Hall–Kier alpha value is -2.86. The molecule has 1 heterocycles. The number of nitrogens with one attached hydrogen (secondary N) is 1. The molecule has 0 aliphatic heterocycles. The largest absolute Gasteiger partial charge is 0.497 e. The van der Waals surface area contributed by atoms with Crippen LogP contribution >= 0.6 is 11.6 Å². The highest BCUT2D eigenvalue weighted by molar-refractivity contribution is 6.33. The summed E-state index contributed by atoms with van der Waals surface area (Å²) in [4.78, 5) is 15.0. The normalized spacial score (nSPS) is 10.5. The average molecular weight is 330 g/mol. The van der Waals surface area contributed by atoms with E-state index in [4.69, 9.17) is 16.3 Å². The van der Waals surface area contributed by atoms with E-state index in [0.29, 0.717) is 33.0 Å². The topological polar surface area (TPSA) is 77.3 Å². The van der Waals surface area contributed by atoms with Crippen LogP contribution in [0.1, 0.15) is 0 Å². The maximum Gasteiger partial charge on any atom is 0.311 e. The highest BCUT2D eigenvalue weighted by Gasteiger charge is 2.19. The number of rotatable bonds is 4. The summed E-state index contributed by atoms with van der Waals surface area (Å²) in [6.45, 7) is 0. The van der Waals surface area contributed by atoms with Crippen LogP contribution in [0.25, 0.3) is 10.9 Å². The van der Waals surface area contributed by atoms with Crippen LogP contribution in [0.2, 0.25) is 5.02 Å². The molecular weight excluding hydrogens is 318 g/mol. The lowest BCUT2D eigenvalue weighted by Crippen LogP contribution is -2.00. The number of ether oxygens (including phenoxy) is 1. The van der Waals surface area contributed by atoms with Crippen molar-refractivity contribution in [3.8, 4) is 5.75 Å². The van der Waals surface area contributed by atoms with Crippen LogP contribution in [0.4, 0.5) is 17.1 Å². The molecule has 3 rings (SSSR count). The van der Waals surface area contributed by atoms with Gasteiger partial charge >= 0.3 is 5.69 Å². The maximum absolute atomic E-state index is 11.4. The van der Waals surface area contributed by atoms with Gasteiger partial charge in [0, 0.05) is 5.39 Å². The fraction of sp³-hybridized carbons (Fsp3) is 0.0625. The van der Waals surface area contributed by atoms with E-state index in [1.54, 1.807) is 42.5 Å². The maximum atomic E-state index is 11.4. The van der Waals surface area contributed by atoms with Gasteiger partial charge in [0.25, 0.3) is 0 Å². The Morgan fingerprint density at radius 2 is 2.04 bits per heavy atom. The third kappa shape index (κ3) is 2.89. The Bertz CT molecular complexity index is 899. The number of nitro groups is 1. The minimum Gasteiger partial charge on any atom is -0.497 e. The van der Waals surface area contributed by atoms with E-state index >= 15 is 0 Å². The molecule has 1 aromatic heterocycles. The number of aromatic nitrogens is 1. The van der Waals surface area contributed by atoms with Crippen molar-refractivity contribution in [3.05, 3.63) is 63.8 Å². The second kappa shape index (κ2) is 6.10. The smallest absolute Gasteiger partial charge is 0.311 e. The van der Waals surface area contributed by atoms with Crippen molar-refractivity contribution in [1.29, 1.82) is 0 Å². The summed E-state index contributed by atoms with van der Waals surface area (Å²) in [5, 5.41) is 15.5. The SMILES string of the molecule is COc1ccc2ncc([N+](=O)[O-])c(Nc3ccccc3Cl)c2c1. The van der Waals surface area contributed by atoms with E-state index in [1.807, 2.05) is 0 Å². The molecule has 0 fully saturated rings. The Morgan fingerprint density at radius 1 is 1.26 bits per heavy atom. The van der Waals surface area contributed by atoms with Gasteiger partial charge in [-0.3, -0.25) is 10.1 Å². The second-order valence-corrected chi connectivity index (χ2v) is 5.17. The van der Waals surface area contributed by atoms with Crippen molar-refractivity contribution in [2.45, 2.75) is 0 Å². The summed E-state index contributed by atoms with van der Waals surface area (Å²) in [5.74, 6) is 0.585. The number of nitrogens with zero attached hydrogens (tertiary/aromatic N) is 2. The standard InChI is InChI=1S/C16H12ClN3O3/c1-23-10-6-7-13-11(8-10)16(15(9-18-13)20(21)22)19-14-5-3-2-4-12(14)17/h2-9H,1H3,(H,18,19). The molecule has 0 saturated carbocycles. The van der Waals surface area contributed by atoms with E-state index in [1.165, 1.54) is 13.3 Å². The van der Waals surface area contributed by atoms with Gasteiger partial charge in [-0.1, -0.05) is 23.7 Å². The summed E-state index contributed by atoms with van der Waals surface area (Å²) in [7, 11) is 1.53. The van der Waals surface area contributed by atoms with Crippen LogP contribution in [-0.2, 0) is 0 Å². The highest BCUT2D eigenvalue weighted by Crippen LogP contribution is 2.37. The molecule has 0 radical (unpaired) electrons. The van der Waals surface area contributed by atoms with Crippen molar-refractivity contribution in [2.75, 3.05) is 12.4 Å². The van der Waals surface area contributed by atoms with E-state index in [0.717, 1.165) is 0 Å². The van der Waals surface area contributed by atoms with Crippen molar-refractivity contribution in [2.24, 2.45) is 0 Å². The van der Waals surface area contributed by atoms with E-state index in [2.05, 4.69) is 10.3 Å². The first-order valence-electron chi connectivity index (χ1n) is 6.73. The Morgan fingerprint density at radius 3 is 2.74 bits per heavy atom. The Balaban J connectivity index is 2.24. The van der Waals surface area contributed by atoms with Gasteiger partial charge in [-0.2, -0.15) is 0 Å². The molecule has 2 aromatic carbocycles. The number of para-hydroxylation sites is 1. The molecule has 0 amide bonds. The fourth-order valence-corrected chi connectivity index (χ4v) is 2.44. The van der Waals surface area contributed by atoms with E-state index in [9.17, 15) is 10.1 Å². The van der Waals surface area contributed by atoms with E-state index in [-0.39, 0.29) is 5.69 Å². The summed E-state index contributed by atoms with van der Waals surface area (Å²) >= 11 is 6.14. The van der Waals surface area contributed by atoms with Crippen LogP contribution in [0.15, 0.2) is 48.7 Å². The third-order valence-corrected chi connectivity index (χ3v) is 3.71. The Kier molecular flexibility index (Phi) is 3.99. The number of hydrogen-bond donors (Lipinski definition) is 1. The third-order valence-electron chi connectivity index (χ3n) is 3.39. The van der Waals surface area contributed by atoms with Gasteiger partial charge in [0.15, 0.2) is 0 Å². The average Bonchev–Trinajstić information content (AvgIpc) is 2.56.